The van der Waals surface area contributed by atoms with E-state index in [4.69, 9.17) is 5.73 Å². The summed E-state index contributed by atoms with van der Waals surface area (Å²) < 4.78 is 50.2. The topological polar surface area (TPSA) is 106 Å². The average molecular weight is 338 g/mol. The lowest BCUT2D eigenvalue weighted by atomic mass is 10.2. The van der Waals surface area contributed by atoms with Gasteiger partial charge in [-0.2, -0.15) is 0 Å². The number of sulfone groups is 1. The number of hydrogen-bond donors (Lipinski definition) is 2. The van der Waals surface area contributed by atoms with Crippen LogP contribution in [0.25, 0.3) is 0 Å². The van der Waals surface area contributed by atoms with Gasteiger partial charge in [-0.3, -0.25) is 0 Å². The van der Waals surface area contributed by atoms with Crippen molar-refractivity contribution in [2.45, 2.75) is 29.5 Å². The molecule has 0 bridgehead atoms. The molecule has 1 aliphatic heterocycles. The Balaban J connectivity index is 2.10. The van der Waals surface area contributed by atoms with E-state index in [2.05, 4.69) is 4.72 Å². The van der Waals surface area contributed by atoms with Gasteiger partial charge in [0.1, 0.15) is 4.21 Å². The molecule has 9 heteroatoms. The van der Waals surface area contributed by atoms with E-state index in [-0.39, 0.29) is 15.7 Å². The molecule has 1 fully saturated rings. The molecule has 1 atom stereocenters. The third-order valence-electron chi connectivity index (χ3n) is 3.08. The molecule has 114 valence electrons. The first-order valence-electron chi connectivity index (χ1n) is 6.34. The zero-order valence-corrected chi connectivity index (χ0v) is 13.4. The number of hydrogen-bond acceptors (Lipinski definition) is 6. The van der Waals surface area contributed by atoms with Crippen molar-refractivity contribution in [3.8, 4) is 0 Å². The van der Waals surface area contributed by atoms with Crippen LogP contribution in [0, 0.1) is 0 Å². The second kappa shape index (κ2) is 6.10. The van der Waals surface area contributed by atoms with Gasteiger partial charge >= 0.3 is 0 Å². The Morgan fingerprint density at radius 2 is 2.15 bits per heavy atom. The number of sulfonamides is 1. The summed E-state index contributed by atoms with van der Waals surface area (Å²) >= 11 is 1.17. The summed E-state index contributed by atoms with van der Waals surface area (Å²) in [7, 11) is -6.77. The van der Waals surface area contributed by atoms with Crippen LogP contribution in [0.1, 0.15) is 17.7 Å². The van der Waals surface area contributed by atoms with Crippen LogP contribution >= 0.6 is 11.3 Å². The summed E-state index contributed by atoms with van der Waals surface area (Å²) in [4.78, 5) is 0.907. The van der Waals surface area contributed by atoms with Crippen molar-refractivity contribution in [2.75, 3.05) is 18.1 Å². The summed E-state index contributed by atoms with van der Waals surface area (Å²) in [5.74, 6) is 0.0259. The van der Waals surface area contributed by atoms with Gasteiger partial charge in [0.25, 0.3) is 0 Å². The molecule has 0 aromatic carbocycles. The third kappa shape index (κ3) is 4.01. The molecule has 2 heterocycles. The number of rotatable bonds is 5. The van der Waals surface area contributed by atoms with Crippen LogP contribution in [0.4, 0.5) is 0 Å². The number of thiophene rings is 1. The Kier molecular flexibility index (Phi) is 4.85. The maximum Gasteiger partial charge on any atom is 0.250 e. The Morgan fingerprint density at radius 1 is 1.40 bits per heavy atom. The maximum absolute atomic E-state index is 12.2. The molecule has 20 heavy (non-hydrogen) atoms. The average Bonchev–Trinajstić information content (AvgIpc) is 2.77. The van der Waals surface area contributed by atoms with E-state index < -0.39 is 25.9 Å². The Hall–Kier alpha value is -0.480. The molecular formula is C11H18N2O4S3. The smallest absolute Gasteiger partial charge is 0.250 e. The van der Waals surface area contributed by atoms with E-state index in [0.29, 0.717) is 25.8 Å². The molecule has 1 unspecified atom stereocenters. The summed E-state index contributed by atoms with van der Waals surface area (Å²) in [6.45, 7) is 0.467. The highest BCUT2D eigenvalue weighted by molar-refractivity contribution is 7.92. The predicted octanol–water partition coefficient (Wildman–Crippen LogP) is 0.105. The van der Waals surface area contributed by atoms with Gasteiger partial charge in [0.2, 0.25) is 10.0 Å². The van der Waals surface area contributed by atoms with E-state index >= 15 is 0 Å². The van der Waals surface area contributed by atoms with Crippen molar-refractivity contribution in [1.29, 1.82) is 0 Å². The molecule has 1 saturated heterocycles. The van der Waals surface area contributed by atoms with Crippen molar-refractivity contribution < 1.29 is 16.8 Å². The lowest BCUT2D eigenvalue weighted by Crippen LogP contribution is -2.42. The fourth-order valence-electron chi connectivity index (χ4n) is 2.17. The van der Waals surface area contributed by atoms with Gasteiger partial charge in [0.05, 0.1) is 11.5 Å². The molecule has 0 saturated carbocycles. The van der Waals surface area contributed by atoms with E-state index in [1.54, 1.807) is 6.07 Å². The molecule has 1 aliphatic rings. The van der Waals surface area contributed by atoms with Crippen molar-refractivity contribution >= 4 is 31.2 Å². The maximum atomic E-state index is 12.2. The van der Waals surface area contributed by atoms with Crippen LogP contribution < -0.4 is 10.5 Å². The Morgan fingerprint density at radius 3 is 2.80 bits per heavy atom. The van der Waals surface area contributed by atoms with Gasteiger partial charge in [-0.15, -0.1) is 11.3 Å². The van der Waals surface area contributed by atoms with Crippen LogP contribution in [0.15, 0.2) is 16.3 Å². The van der Waals surface area contributed by atoms with Crippen LogP contribution in [-0.4, -0.2) is 40.9 Å². The first-order valence-corrected chi connectivity index (χ1v) is 10.5. The molecule has 6 nitrogen and oxygen atoms in total. The first-order chi connectivity index (χ1) is 9.32. The minimum atomic E-state index is -3.64. The molecular weight excluding hydrogens is 320 g/mol. The second-order valence-electron chi connectivity index (χ2n) is 4.83. The third-order valence-corrected chi connectivity index (χ3v) is 8.06. The van der Waals surface area contributed by atoms with Crippen molar-refractivity contribution in [3.63, 3.8) is 0 Å². The summed E-state index contributed by atoms with van der Waals surface area (Å²) in [5.41, 5.74) is 5.43. The van der Waals surface area contributed by atoms with Gasteiger partial charge in [0, 0.05) is 10.9 Å². The quantitative estimate of drug-likeness (QED) is 0.792. The highest BCUT2D eigenvalue weighted by Gasteiger charge is 2.29. The standard InChI is InChI=1S/C11H18N2O4S3/c12-6-5-10-3-4-11(18-10)20(16,17)13-9-2-1-7-19(14,15)8-9/h3-4,9,13H,1-2,5-8,12H2. The zero-order valence-electron chi connectivity index (χ0n) is 10.9. The fourth-order valence-corrected chi connectivity index (χ4v) is 6.57. The second-order valence-corrected chi connectivity index (χ2v) is 10.2. The lowest BCUT2D eigenvalue weighted by molar-refractivity contribution is 0.518. The van der Waals surface area contributed by atoms with Gasteiger partial charge in [-0.25, -0.2) is 21.6 Å². The van der Waals surface area contributed by atoms with E-state index in [1.807, 2.05) is 0 Å². The lowest BCUT2D eigenvalue weighted by Gasteiger charge is -2.22. The largest absolute Gasteiger partial charge is 0.330 e. The van der Waals surface area contributed by atoms with Gasteiger partial charge in [-0.05, 0) is 37.9 Å². The predicted molar refractivity (Wildman–Crippen MR) is 79.1 cm³/mol. The molecule has 1 aromatic rings. The molecule has 1 aromatic heterocycles. The van der Waals surface area contributed by atoms with E-state index in [9.17, 15) is 16.8 Å². The SMILES string of the molecule is NCCc1ccc(S(=O)(=O)NC2CCCS(=O)(=O)C2)s1. The normalized spacial score (nSPS) is 22.8. The number of nitrogens with two attached hydrogens (primary N) is 1. The Labute approximate surface area is 123 Å². The van der Waals surface area contributed by atoms with E-state index in [0.717, 1.165) is 4.88 Å². The van der Waals surface area contributed by atoms with Gasteiger partial charge in [0.15, 0.2) is 9.84 Å². The summed E-state index contributed by atoms with van der Waals surface area (Å²) in [5, 5.41) is 0. The Bertz CT molecular complexity index is 664. The van der Waals surface area contributed by atoms with Gasteiger partial charge < -0.3 is 5.73 Å². The molecule has 2 rings (SSSR count). The molecule has 0 radical (unpaired) electrons. The van der Waals surface area contributed by atoms with Crippen molar-refractivity contribution in [1.82, 2.24) is 4.72 Å². The molecule has 0 aliphatic carbocycles. The fraction of sp³-hybridized carbons (Fsp3) is 0.636. The molecule has 0 amide bonds. The van der Waals surface area contributed by atoms with Crippen LogP contribution in [0.5, 0.6) is 0 Å². The van der Waals surface area contributed by atoms with Crippen LogP contribution in [-0.2, 0) is 26.3 Å². The molecule has 3 N–H and O–H groups in total. The molecule has 0 spiro atoms. The summed E-state index contributed by atoms with van der Waals surface area (Å²) in [6, 6.07) is 2.75. The van der Waals surface area contributed by atoms with Crippen LogP contribution in [0.3, 0.4) is 0 Å². The minimum Gasteiger partial charge on any atom is -0.330 e. The summed E-state index contributed by atoms with van der Waals surface area (Å²) in [6.07, 6.45) is 1.69. The van der Waals surface area contributed by atoms with Crippen molar-refractivity contribution in [3.05, 3.63) is 17.0 Å². The van der Waals surface area contributed by atoms with Gasteiger partial charge in [-0.1, -0.05) is 0 Å². The first kappa shape index (κ1) is 15.9. The minimum absolute atomic E-state index is 0.118. The van der Waals surface area contributed by atoms with Crippen LogP contribution in [0.2, 0.25) is 0 Å². The van der Waals surface area contributed by atoms with E-state index in [1.165, 1.54) is 17.4 Å². The highest BCUT2D eigenvalue weighted by Crippen LogP contribution is 2.23. The monoisotopic (exact) mass is 338 g/mol. The number of nitrogens with one attached hydrogen (secondary N) is 1. The van der Waals surface area contributed by atoms with Crippen molar-refractivity contribution in [2.24, 2.45) is 5.73 Å². The highest BCUT2D eigenvalue weighted by atomic mass is 32.2. The zero-order chi connectivity index (χ0) is 14.8.